The number of rotatable bonds is 6. The van der Waals surface area contributed by atoms with Gasteiger partial charge in [0, 0.05) is 41.8 Å². The van der Waals surface area contributed by atoms with Gasteiger partial charge in [-0.2, -0.15) is 0 Å². The first-order valence-electron chi connectivity index (χ1n) is 11.0. The predicted molar refractivity (Wildman–Crippen MR) is 125 cm³/mol. The van der Waals surface area contributed by atoms with Crippen LogP contribution in [0.3, 0.4) is 0 Å². The van der Waals surface area contributed by atoms with Gasteiger partial charge in [0.2, 0.25) is 5.91 Å². The zero-order chi connectivity index (χ0) is 22.7. The second-order valence-corrected chi connectivity index (χ2v) is 8.26. The van der Waals surface area contributed by atoms with Crippen molar-refractivity contribution in [3.05, 3.63) is 59.4 Å². The Balaban J connectivity index is 1.53. The largest absolute Gasteiger partial charge is 0.497 e. The van der Waals surface area contributed by atoms with E-state index in [0.717, 1.165) is 58.5 Å². The molecule has 1 aromatic heterocycles. The number of nitrogens with zero attached hydrogens (tertiary/aromatic N) is 2. The zero-order valence-corrected chi connectivity index (χ0v) is 19.2. The summed E-state index contributed by atoms with van der Waals surface area (Å²) in [6.45, 7) is 3.51. The van der Waals surface area contributed by atoms with Crippen LogP contribution in [0.1, 0.15) is 35.6 Å². The number of amides is 1. The molecular weight excluding hydrogens is 404 g/mol. The molecule has 1 amide bonds. The molecule has 2 heterocycles. The molecule has 1 saturated heterocycles. The number of methoxy groups -OCH3 is 3. The van der Waals surface area contributed by atoms with Gasteiger partial charge in [-0.25, -0.2) is 0 Å². The van der Waals surface area contributed by atoms with E-state index in [0.29, 0.717) is 12.3 Å². The fourth-order valence-electron chi connectivity index (χ4n) is 4.55. The Labute approximate surface area is 189 Å². The minimum atomic E-state index is 0.0971. The van der Waals surface area contributed by atoms with E-state index in [4.69, 9.17) is 19.2 Å². The zero-order valence-electron chi connectivity index (χ0n) is 19.2. The lowest BCUT2D eigenvalue weighted by Crippen LogP contribution is -2.40. The maximum absolute atomic E-state index is 13.2. The van der Waals surface area contributed by atoms with E-state index in [1.54, 1.807) is 21.3 Å². The van der Waals surface area contributed by atoms with E-state index in [2.05, 4.69) is 13.0 Å². The molecule has 0 saturated carbocycles. The molecule has 4 rings (SSSR count). The summed E-state index contributed by atoms with van der Waals surface area (Å²) < 4.78 is 16.3. The van der Waals surface area contributed by atoms with E-state index in [9.17, 15) is 4.79 Å². The molecule has 0 spiro atoms. The predicted octanol–water partition coefficient (Wildman–Crippen LogP) is 4.52. The Morgan fingerprint density at radius 2 is 1.84 bits per heavy atom. The molecule has 3 aromatic rings. The van der Waals surface area contributed by atoms with Gasteiger partial charge in [0.25, 0.3) is 0 Å². The number of ether oxygens (including phenoxy) is 3. The van der Waals surface area contributed by atoms with Crippen molar-refractivity contribution in [2.24, 2.45) is 0 Å². The molecule has 168 valence electrons. The molecule has 32 heavy (non-hydrogen) atoms. The third kappa shape index (κ3) is 4.35. The normalized spacial score (nSPS) is 16.1. The number of pyridine rings is 1. The third-order valence-electron chi connectivity index (χ3n) is 6.39. The fourth-order valence-corrected chi connectivity index (χ4v) is 4.55. The Morgan fingerprint density at radius 1 is 1.06 bits per heavy atom. The number of fused-ring (bicyclic) bond motifs is 1. The first kappa shape index (κ1) is 21.9. The molecule has 6 nitrogen and oxygen atoms in total. The van der Waals surface area contributed by atoms with Crippen LogP contribution in [0.2, 0.25) is 0 Å². The molecule has 2 aromatic carbocycles. The van der Waals surface area contributed by atoms with Crippen LogP contribution in [-0.4, -0.2) is 50.2 Å². The summed E-state index contributed by atoms with van der Waals surface area (Å²) in [6, 6.07) is 11.7. The van der Waals surface area contributed by atoms with Crippen molar-refractivity contribution in [3.8, 4) is 17.2 Å². The molecule has 0 radical (unpaired) electrons. The van der Waals surface area contributed by atoms with Gasteiger partial charge in [-0.1, -0.05) is 0 Å². The van der Waals surface area contributed by atoms with E-state index in [1.165, 1.54) is 0 Å². The molecule has 6 heteroatoms. The Kier molecular flexibility index (Phi) is 6.49. The fraction of sp³-hybridized carbons (Fsp3) is 0.385. The van der Waals surface area contributed by atoms with Crippen LogP contribution < -0.4 is 14.2 Å². The molecular formula is C26H30N2O4. The Bertz CT molecular complexity index is 1130. The van der Waals surface area contributed by atoms with Crippen molar-refractivity contribution >= 4 is 16.7 Å². The molecule has 0 bridgehead atoms. The van der Waals surface area contributed by atoms with Crippen molar-refractivity contribution in [1.29, 1.82) is 0 Å². The first-order valence-corrected chi connectivity index (χ1v) is 11.0. The van der Waals surface area contributed by atoms with Gasteiger partial charge in [-0.3, -0.25) is 9.78 Å². The van der Waals surface area contributed by atoms with Crippen LogP contribution in [0.25, 0.3) is 10.8 Å². The van der Waals surface area contributed by atoms with Gasteiger partial charge < -0.3 is 19.1 Å². The number of likely N-dealkylation sites (tertiary alicyclic amines) is 1. The molecule has 1 fully saturated rings. The van der Waals surface area contributed by atoms with Gasteiger partial charge in [-0.15, -0.1) is 0 Å². The van der Waals surface area contributed by atoms with E-state index in [1.807, 2.05) is 41.4 Å². The van der Waals surface area contributed by atoms with E-state index < -0.39 is 0 Å². The van der Waals surface area contributed by atoms with Crippen LogP contribution in [0, 0.1) is 6.92 Å². The molecule has 0 N–H and O–H groups in total. The lowest BCUT2D eigenvalue weighted by molar-refractivity contribution is -0.131. The smallest absolute Gasteiger partial charge is 0.227 e. The lowest BCUT2D eigenvalue weighted by atomic mass is 9.92. The Morgan fingerprint density at radius 3 is 2.59 bits per heavy atom. The number of benzene rings is 2. The summed E-state index contributed by atoms with van der Waals surface area (Å²) in [4.78, 5) is 19.9. The number of hydrogen-bond donors (Lipinski definition) is 0. The quantitative estimate of drug-likeness (QED) is 0.571. The minimum Gasteiger partial charge on any atom is -0.497 e. The van der Waals surface area contributed by atoms with Crippen LogP contribution in [-0.2, 0) is 11.2 Å². The average molecular weight is 435 g/mol. The highest BCUT2D eigenvalue weighted by atomic mass is 16.5. The number of carbonyl (C=O) groups is 1. The topological polar surface area (TPSA) is 60.9 Å². The molecule has 1 unspecified atom stereocenters. The van der Waals surface area contributed by atoms with Crippen molar-refractivity contribution in [2.75, 3.05) is 34.4 Å². The summed E-state index contributed by atoms with van der Waals surface area (Å²) in [7, 11) is 4.93. The number of carbonyl (C=O) groups excluding carboxylic acids is 1. The number of hydrogen-bond acceptors (Lipinski definition) is 5. The maximum atomic E-state index is 13.2. The SMILES string of the molecule is COc1ccc(OC)c(CC(=O)N2CCCC(c3cc4c(C)c(OC)ccc4cn3)C2)c1. The van der Waals surface area contributed by atoms with Crippen LogP contribution in [0.4, 0.5) is 0 Å². The molecule has 1 atom stereocenters. The third-order valence-corrected chi connectivity index (χ3v) is 6.39. The van der Waals surface area contributed by atoms with Gasteiger partial charge >= 0.3 is 0 Å². The van der Waals surface area contributed by atoms with Crippen molar-refractivity contribution < 1.29 is 19.0 Å². The number of piperidine rings is 1. The van der Waals surface area contributed by atoms with Gasteiger partial charge in [0.1, 0.15) is 17.2 Å². The van der Waals surface area contributed by atoms with Crippen molar-refractivity contribution in [1.82, 2.24) is 9.88 Å². The highest BCUT2D eigenvalue weighted by Gasteiger charge is 2.26. The number of aryl methyl sites for hydroxylation is 1. The van der Waals surface area contributed by atoms with Crippen LogP contribution in [0.5, 0.6) is 17.2 Å². The average Bonchev–Trinajstić information content (AvgIpc) is 2.84. The van der Waals surface area contributed by atoms with E-state index >= 15 is 0 Å². The summed E-state index contributed by atoms with van der Waals surface area (Å²) >= 11 is 0. The minimum absolute atomic E-state index is 0.0971. The van der Waals surface area contributed by atoms with Gasteiger partial charge in [0.15, 0.2) is 0 Å². The van der Waals surface area contributed by atoms with Crippen molar-refractivity contribution in [3.63, 3.8) is 0 Å². The second-order valence-electron chi connectivity index (χ2n) is 8.26. The van der Waals surface area contributed by atoms with Gasteiger partial charge in [0.05, 0.1) is 27.8 Å². The van der Waals surface area contributed by atoms with Crippen LogP contribution >= 0.6 is 0 Å². The standard InChI is InChI=1S/C26H30N2O4/c1-17-22-14-23(27-15-18(22)7-9-24(17)31-3)19-6-5-11-28(16-19)26(29)13-20-12-21(30-2)8-10-25(20)32-4/h7-10,12,14-15,19H,5-6,11,13,16H2,1-4H3. The maximum Gasteiger partial charge on any atom is 0.227 e. The second kappa shape index (κ2) is 9.47. The highest BCUT2D eigenvalue weighted by Crippen LogP contribution is 2.32. The lowest BCUT2D eigenvalue weighted by Gasteiger charge is -2.33. The summed E-state index contributed by atoms with van der Waals surface area (Å²) in [5.74, 6) is 2.61. The molecule has 1 aliphatic rings. The highest BCUT2D eigenvalue weighted by molar-refractivity contribution is 5.87. The van der Waals surface area contributed by atoms with Crippen LogP contribution in [0.15, 0.2) is 42.6 Å². The summed E-state index contributed by atoms with van der Waals surface area (Å²) in [5, 5.41) is 2.25. The van der Waals surface area contributed by atoms with Gasteiger partial charge in [-0.05, 0) is 67.1 Å². The summed E-state index contributed by atoms with van der Waals surface area (Å²) in [5.41, 5.74) is 2.98. The molecule has 1 aliphatic heterocycles. The molecule has 0 aliphatic carbocycles. The number of aromatic nitrogens is 1. The monoisotopic (exact) mass is 434 g/mol. The summed E-state index contributed by atoms with van der Waals surface area (Å²) in [6.07, 6.45) is 4.20. The van der Waals surface area contributed by atoms with Crippen molar-refractivity contribution in [2.45, 2.75) is 32.1 Å². The first-order chi connectivity index (χ1) is 15.5. The van der Waals surface area contributed by atoms with E-state index in [-0.39, 0.29) is 18.2 Å². The Hall–Kier alpha value is -3.28.